The van der Waals surface area contributed by atoms with Crippen LogP contribution in [-0.2, 0) is 17.6 Å². The third-order valence-corrected chi connectivity index (χ3v) is 3.16. The van der Waals surface area contributed by atoms with Gasteiger partial charge in [0, 0.05) is 23.0 Å². The zero-order valence-electron chi connectivity index (χ0n) is 9.90. The SMILES string of the molecule is Nc1ccc(CC(=O)Cc2cccc(Br)c2)cc1. The molecule has 0 heterocycles. The van der Waals surface area contributed by atoms with E-state index in [1.165, 1.54) is 0 Å². The molecule has 0 radical (unpaired) electrons. The lowest BCUT2D eigenvalue weighted by atomic mass is 10.0. The second kappa shape index (κ2) is 5.83. The zero-order chi connectivity index (χ0) is 13.0. The predicted molar refractivity (Wildman–Crippen MR) is 77.4 cm³/mol. The number of hydrogen-bond donors (Lipinski definition) is 1. The molecule has 2 N–H and O–H groups in total. The number of ketones is 1. The monoisotopic (exact) mass is 303 g/mol. The van der Waals surface area contributed by atoms with E-state index < -0.39 is 0 Å². The summed E-state index contributed by atoms with van der Waals surface area (Å²) >= 11 is 3.40. The first-order valence-corrected chi connectivity index (χ1v) is 6.53. The Morgan fingerprint density at radius 3 is 2.33 bits per heavy atom. The van der Waals surface area contributed by atoms with Crippen LogP contribution in [0.3, 0.4) is 0 Å². The molecule has 18 heavy (non-hydrogen) atoms. The van der Waals surface area contributed by atoms with Crippen molar-refractivity contribution < 1.29 is 4.79 Å². The highest BCUT2D eigenvalue weighted by atomic mass is 79.9. The molecule has 0 bridgehead atoms. The molecule has 0 atom stereocenters. The molecule has 0 saturated carbocycles. The Balaban J connectivity index is 1.98. The van der Waals surface area contributed by atoms with Crippen LogP contribution in [0.15, 0.2) is 53.0 Å². The minimum absolute atomic E-state index is 0.206. The molecule has 0 saturated heterocycles. The van der Waals surface area contributed by atoms with Crippen LogP contribution in [0.25, 0.3) is 0 Å². The average molecular weight is 304 g/mol. The lowest BCUT2D eigenvalue weighted by Gasteiger charge is -2.03. The number of halogens is 1. The van der Waals surface area contributed by atoms with Gasteiger partial charge in [0.15, 0.2) is 0 Å². The number of benzene rings is 2. The fourth-order valence-electron chi connectivity index (χ4n) is 1.80. The summed E-state index contributed by atoms with van der Waals surface area (Å²) in [6.45, 7) is 0. The van der Waals surface area contributed by atoms with E-state index in [2.05, 4.69) is 15.9 Å². The van der Waals surface area contributed by atoms with E-state index in [4.69, 9.17) is 5.73 Å². The van der Waals surface area contributed by atoms with Crippen molar-refractivity contribution in [3.8, 4) is 0 Å². The van der Waals surface area contributed by atoms with Crippen LogP contribution in [0.1, 0.15) is 11.1 Å². The number of rotatable bonds is 4. The van der Waals surface area contributed by atoms with E-state index in [1.54, 1.807) is 0 Å². The number of nitrogens with two attached hydrogens (primary N) is 1. The summed E-state index contributed by atoms with van der Waals surface area (Å²) in [6.07, 6.45) is 0.913. The van der Waals surface area contributed by atoms with Gasteiger partial charge in [-0.1, -0.05) is 40.2 Å². The number of carbonyl (C=O) groups is 1. The first-order valence-electron chi connectivity index (χ1n) is 5.74. The molecule has 0 amide bonds. The van der Waals surface area contributed by atoms with Gasteiger partial charge in [-0.25, -0.2) is 0 Å². The molecule has 2 aromatic carbocycles. The van der Waals surface area contributed by atoms with Gasteiger partial charge >= 0.3 is 0 Å². The van der Waals surface area contributed by atoms with Gasteiger partial charge in [0.2, 0.25) is 0 Å². The van der Waals surface area contributed by atoms with Crippen LogP contribution in [0.4, 0.5) is 5.69 Å². The van der Waals surface area contributed by atoms with Crippen molar-refractivity contribution in [2.75, 3.05) is 5.73 Å². The summed E-state index contributed by atoms with van der Waals surface area (Å²) in [4.78, 5) is 11.9. The minimum Gasteiger partial charge on any atom is -0.399 e. The van der Waals surface area contributed by atoms with Crippen LogP contribution in [-0.4, -0.2) is 5.78 Å². The van der Waals surface area contributed by atoms with E-state index in [-0.39, 0.29) is 5.78 Å². The first kappa shape index (κ1) is 12.8. The number of nitrogen functional groups attached to an aromatic ring is 1. The van der Waals surface area contributed by atoms with Crippen molar-refractivity contribution in [1.82, 2.24) is 0 Å². The number of anilines is 1. The molecule has 0 aliphatic carbocycles. The van der Waals surface area contributed by atoms with Gasteiger partial charge in [0.05, 0.1) is 0 Å². The summed E-state index contributed by atoms with van der Waals surface area (Å²) in [5.74, 6) is 0.206. The lowest BCUT2D eigenvalue weighted by Crippen LogP contribution is -2.06. The third kappa shape index (κ3) is 3.70. The molecule has 0 unspecified atom stereocenters. The van der Waals surface area contributed by atoms with Crippen molar-refractivity contribution >= 4 is 27.4 Å². The van der Waals surface area contributed by atoms with E-state index in [0.29, 0.717) is 12.8 Å². The molecule has 2 nitrogen and oxygen atoms in total. The minimum atomic E-state index is 0.206. The zero-order valence-corrected chi connectivity index (χ0v) is 11.5. The summed E-state index contributed by atoms with van der Waals surface area (Å²) in [7, 11) is 0. The fourth-order valence-corrected chi connectivity index (χ4v) is 2.25. The summed E-state index contributed by atoms with van der Waals surface area (Å²) < 4.78 is 1.00. The first-order chi connectivity index (χ1) is 8.63. The van der Waals surface area contributed by atoms with Crippen LogP contribution in [0.5, 0.6) is 0 Å². The standard InChI is InChI=1S/C15H14BrNO/c16-13-3-1-2-12(8-13)10-15(18)9-11-4-6-14(17)7-5-11/h1-8H,9-10,17H2. The number of carbonyl (C=O) groups excluding carboxylic acids is 1. The maximum Gasteiger partial charge on any atom is 0.141 e. The Kier molecular flexibility index (Phi) is 4.15. The van der Waals surface area contributed by atoms with E-state index in [1.807, 2.05) is 48.5 Å². The Hall–Kier alpha value is -1.61. The highest BCUT2D eigenvalue weighted by Gasteiger charge is 2.05. The quantitative estimate of drug-likeness (QED) is 0.880. The normalized spacial score (nSPS) is 10.3. The van der Waals surface area contributed by atoms with E-state index in [0.717, 1.165) is 21.3 Å². The fraction of sp³-hybridized carbons (Fsp3) is 0.133. The maximum atomic E-state index is 11.9. The number of hydrogen-bond acceptors (Lipinski definition) is 2. The third-order valence-electron chi connectivity index (χ3n) is 2.67. The van der Waals surface area contributed by atoms with Crippen LogP contribution in [0, 0.1) is 0 Å². The highest BCUT2D eigenvalue weighted by molar-refractivity contribution is 9.10. The summed E-state index contributed by atoms with van der Waals surface area (Å²) in [5, 5.41) is 0. The Labute approximate surface area is 115 Å². The Morgan fingerprint density at radius 2 is 1.67 bits per heavy atom. The molecule has 0 aromatic heterocycles. The average Bonchev–Trinajstić information content (AvgIpc) is 2.32. The van der Waals surface area contributed by atoms with Gasteiger partial charge in [0.25, 0.3) is 0 Å². The van der Waals surface area contributed by atoms with E-state index in [9.17, 15) is 4.79 Å². The molecular weight excluding hydrogens is 290 g/mol. The molecule has 2 aromatic rings. The summed E-state index contributed by atoms with van der Waals surface area (Å²) in [6, 6.07) is 15.3. The topological polar surface area (TPSA) is 43.1 Å². The lowest BCUT2D eigenvalue weighted by molar-refractivity contribution is -0.117. The van der Waals surface area contributed by atoms with Gasteiger partial charge in [-0.3, -0.25) is 4.79 Å². The molecule has 2 rings (SSSR count). The Bertz CT molecular complexity index is 549. The maximum absolute atomic E-state index is 11.9. The molecule has 92 valence electrons. The van der Waals surface area contributed by atoms with Crippen LogP contribution in [0.2, 0.25) is 0 Å². The number of Topliss-reactive ketones (excluding diaryl/α,β-unsaturated/α-hetero) is 1. The van der Waals surface area contributed by atoms with Gasteiger partial charge in [-0.2, -0.15) is 0 Å². The Morgan fingerprint density at radius 1 is 1.00 bits per heavy atom. The van der Waals surface area contributed by atoms with E-state index >= 15 is 0 Å². The molecule has 0 aliphatic rings. The predicted octanol–water partition coefficient (Wildman–Crippen LogP) is 3.39. The van der Waals surface area contributed by atoms with Crippen molar-refractivity contribution in [2.45, 2.75) is 12.8 Å². The molecule has 0 spiro atoms. The van der Waals surface area contributed by atoms with Crippen molar-refractivity contribution in [3.63, 3.8) is 0 Å². The summed E-state index contributed by atoms with van der Waals surface area (Å²) in [5.41, 5.74) is 8.36. The molecule has 0 fully saturated rings. The van der Waals surface area contributed by atoms with Gasteiger partial charge < -0.3 is 5.73 Å². The second-order valence-electron chi connectivity index (χ2n) is 4.26. The van der Waals surface area contributed by atoms with Crippen molar-refractivity contribution in [1.29, 1.82) is 0 Å². The van der Waals surface area contributed by atoms with Crippen molar-refractivity contribution in [2.24, 2.45) is 0 Å². The highest BCUT2D eigenvalue weighted by Crippen LogP contribution is 2.13. The smallest absolute Gasteiger partial charge is 0.141 e. The van der Waals surface area contributed by atoms with Crippen LogP contribution >= 0.6 is 15.9 Å². The van der Waals surface area contributed by atoms with Crippen molar-refractivity contribution in [3.05, 3.63) is 64.1 Å². The molecule has 3 heteroatoms. The molecular formula is C15H14BrNO. The van der Waals surface area contributed by atoms with Gasteiger partial charge in [-0.15, -0.1) is 0 Å². The van der Waals surface area contributed by atoms with Crippen LogP contribution < -0.4 is 5.73 Å². The largest absolute Gasteiger partial charge is 0.399 e. The van der Waals surface area contributed by atoms with Gasteiger partial charge in [0.1, 0.15) is 5.78 Å². The molecule has 0 aliphatic heterocycles. The van der Waals surface area contributed by atoms with Gasteiger partial charge in [-0.05, 0) is 35.4 Å². The second-order valence-corrected chi connectivity index (χ2v) is 5.18.